The number of benzene rings is 1. The van der Waals surface area contributed by atoms with Gasteiger partial charge in [0.25, 0.3) is 0 Å². The van der Waals surface area contributed by atoms with E-state index in [1.54, 1.807) is 0 Å². The minimum absolute atomic E-state index is 0.0521. The summed E-state index contributed by atoms with van der Waals surface area (Å²) in [5.74, 6) is 0.0521. The van der Waals surface area contributed by atoms with E-state index in [4.69, 9.17) is 4.74 Å². The lowest BCUT2D eigenvalue weighted by Crippen LogP contribution is -2.49. The Morgan fingerprint density at radius 2 is 1.41 bits per heavy atom. The average Bonchev–Trinajstić information content (AvgIpc) is 2.87. The normalized spacial score (nSPS) is 16.3. The van der Waals surface area contributed by atoms with Crippen LogP contribution in [0.15, 0.2) is 30.3 Å². The molecular formula is C29H50N2O3. The molecule has 0 saturated carbocycles. The van der Waals surface area contributed by atoms with Gasteiger partial charge in [0.2, 0.25) is 5.91 Å². The second-order valence-electron chi connectivity index (χ2n) is 9.94. The summed E-state index contributed by atoms with van der Waals surface area (Å²) in [4.78, 5) is 14.9. The van der Waals surface area contributed by atoms with Crippen LogP contribution in [0, 0.1) is 0 Å². The second kappa shape index (κ2) is 18.8. The fraction of sp³-hybridized carbons (Fsp3) is 0.759. The van der Waals surface area contributed by atoms with E-state index >= 15 is 0 Å². The van der Waals surface area contributed by atoms with Crippen molar-refractivity contribution in [1.29, 1.82) is 0 Å². The number of nitrogens with one attached hydrogen (secondary N) is 1. The van der Waals surface area contributed by atoms with Crippen molar-refractivity contribution in [3.63, 3.8) is 0 Å². The van der Waals surface area contributed by atoms with Gasteiger partial charge in [0, 0.05) is 26.1 Å². The highest BCUT2D eigenvalue weighted by atomic mass is 16.5. The lowest BCUT2D eigenvalue weighted by atomic mass is 10.0. The molecule has 194 valence electrons. The maximum atomic E-state index is 12.7. The number of carbonyl (C=O) groups excluding carboxylic acids is 1. The van der Waals surface area contributed by atoms with Gasteiger partial charge < -0.3 is 15.2 Å². The Bertz CT molecular complexity index is 619. The van der Waals surface area contributed by atoms with E-state index in [1.807, 2.05) is 30.3 Å². The molecule has 1 aliphatic rings. The van der Waals surface area contributed by atoms with Gasteiger partial charge in [-0.2, -0.15) is 0 Å². The first-order chi connectivity index (χ1) is 16.7. The number of unbranched alkanes of at least 4 members (excludes halogenated alkanes) is 12. The van der Waals surface area contributed by atoms with Crippen LogP contribution in [0.4, 0.5) is 0 Å². The third-order valence-electron chi connectivity index (χ3n) is 6.93. The zero-order chi connectivity index (χ0) is 24.3. The van der Waals surface area contributed by atoms with E-state index in [-0.39, 0.29) is 11.9 Å². The molecule has 1 fully saturated rings. The largest absolute Gasteiger partial charge is 0.386 e. The lowest BCUT2D eigenvalue weighted by molar-refractivity contribution is -0.123. The zero-order valence-electron chi connectivity index (χ0n) is 21.7. The number of aliphatic hydroxyl groups excluding tert-OH is 1. The van der Waals surface area contributed by atoms with Crippen LogP contribution in [-0.2, 0) is 9.53 Å². The van der Waals surface area contributed by atoms with Crippen LogP contribution in [0.5, 0.6) is 0 Å². The third kappa shape index (κ3) is 12.9. The Labute approximate surface area is 208 Å². The molecule has 5 heteroatoms. The van der Waals surface area contributed by atoms with E-state index in [0.717, 1.165) is 31.5 Å². The van der Waals surface area contributed by atoms with E-state index in [0.29, 0.717) is 26.2 Å². The third-order valence-corrected chi connectivity index (χ3v) is 6.93. The van der Waals surface area contributed by atoms with Crippen molar-refractivity contribution in [1.82, 2.24) is 10.2 Å². The number of amides is 1. The molecule has 1 heterocycles. The van der Waals surface area contributed by atoms with Crippen molar-refractivity contribution in [3.8, 4) is 0 Å². The Morgan fingerprint density at radius 3 is 1.97 bits per heavy atom. The summed E-state index contributed by atoms with van der Waals surface area (Å²) in [6.45, 7) is 6.01. The summed E-state index contributed by atoms with van der Waals surface area (Å²) in [5, 5.41) is 14.1. The average molecular weight is 475 g/mol. The first-order valence-corrected chi connectivity index (χ1v) is 14.0. The molecule has 0 aliphatic carbocycles. The van der Waals surface area contributed by atoms with Crippen molar-refractivity contribution in [2.75, 3.05) is 32.8 Å². The Kier molecular flexibility index (Phi) is 16.0. The van der Waals surface area contributed by atoms with E-state index in [2.05, 4.69) is 17.1 Å². The molecule has 2 N–H and O–H groups in total. The molecule has 0 bridgehead atoms. The molecule has 34 heavy (non-hydrogen) atoms. The molecule has 1 saturated heterocycles. The van der Waals surface area contributed by atoms with Crippen molar-refractivity contribution in [2.45, 2.75) is 109 Å². The number of morpholine rings is 1. The van der Waals surface area contributed by atoms with Crippen LogP contribution < -0.4 is 5.32 Å². The molecule has 5 nitrogen and oxygen atoms in total. The second-order valence-corrected chi connectivity index (χ2v) is 9.94. The van der Waals surface area contributed by atoms with Crippen LogP contribution in [0.3, 0.4) is 0 Å². The van der Waals surface area contributed by atoms with E-state index in [9.17, 15) is 9.90 Å². The minimum Gasteiger partial charge on any atom is -0.386 e. The SMILES string of the molecule is CCCCCCCCCCCCCCCC(=O)N[C@H](CN1CCOCC1)C(O)c1ccccc1. The van der Waals surface area contributed by atoms with Gasteiger partial charge in [-0.1, -0.05) is 114 Å². The van der Waals surface area contributed by atoms with Crippen LogP contribution in [0.2, 0.25) is 0 Å². The molecule has 1 amide bonds. The van der Waals surface area contributed by atoms with Gasteiger partial charge in [-0.25, -0.2) is 0 Å². The summed E-state index contributed by atoms with van der Waals surface area (Å²) in [6.07, 6.45) is 16.8. The first kappa shape index (κ1) is 28.8. The maximum Gasteiger partial charge on any atom is 0.220 e. The van der Waals surface area contributed by atoms with Gasteiger partial charge in [0.15, 0.2) is 0 Å². The van der Waals surface area contributed by atoms with Crippen molar-refractivity contribution < 1.29 is 14.6 Å². The van der Waals surface area contributed by atoms with E-state index < -0.39 is 6.10 Å². The monoisotopic (exact) mass is 474 g/mol. The molecule has 1 aliphatic heterocycles. The fourth-order valence-electron chi connectivity index (χ4n) is 4.75. The number of hydrogen-bond acceptors (Lipinski definition) is 4. The predicted molar refractivity (Wildman–Crippen MR) is 141 cm³/mol. The van der Waals surface area contributed by atoms with E-state index in [1.165, 1.54) is 70.6 Å². The highest BCUT2D eigenvalue weighted by molar-refractivity contribution is 5.76. The Balaban J connectivity index is 1.59. The number of carbonyl (C=O) groups is 1. The van der Waals surface area contributed by atoms with Crippen molar-refractivity contribution >= 4 is 5.91 Å². The molecule has 2 rings (SSSR count). The molecular weight excluding hydrogens is 424 g/mol. The van der Waals surface area contributed by atoms with Crippen LogP contribution >= 0.6 is 0 Å². The first-order valence-electron chi connectivity index (χ1n) is 14.0. The van der Waals surface area contributed by atoms with Gasteiger partial charge in [0.05, 0.1) is 19.3 Å². The topological polar surface area (TPSA) is 61.8 Å². The number of ether oxygens (including phenoxy) is 1. The van der Waals surface area contributed by atoms with Crippen molar-refractivity contribution in [3.05, 3.63) is 35.9 Å². The summed E-state index contributed by atoms with van der Waals surface area (Å²) in [5.41, 5.74) is 0.849. The van der Waals surface area contributed by atoms with Crippen LogP contribution in [0.1, 0.15) is 108 Å². The maximum absolute atomic E-state index is 12.7. The quantitative estimate of drug-likeness (QED) is 0.241. The molecule has 0 aromatic heterocycles. The summed E-state index contributed by atoms with van der Waals surface area (Å²) in [7, 11) is 0. The summed E-state index contributed by atoms with van der Waals surface area (Å²) < 4.78 is 5.45. The van der Waals surface area contributed by atoms with Crippen LogP contribution in [0.25, 0.3) is 0 Å². The molecule has 1 unspecified atom stereocenters. The molecule has 1 aromatic rings. The molecule has 0 spiro atoms. The molecule has 1 aromatic carbocycles. The standard InChI is InChI=1S/C29H50N2O3/c1-2-3-4-5-6-7-8-9-10-11-12-13-17-20-28(32)30-27(25-31-21-23-34-24-22-31)29(33)26-18-15-14-16-19-26/h14-16,18-19,27,29,33H,2-13,17,20-25H2,1H3,(H,30,32)/t27-,29?/m1/s1. The van der Waals surface area contributed by atoms with Gasteiger partial charge in [-0.15, -0.1) is 0 Å². The van der Waals surface area contributed by atoms with Gasteiger partial charge in [-0.05, 0) is 12.0 Å². The number of rotatable bonds is 19. The number of aliphatic hydroxyl groups is 1. The molecule has 0 radical (unpaired) electrons. The smallest absolute Gasteiger partial charge is 0.220 e. The lowest BCUT2D eigenvalue weighted by Gasteiger charge is -2.33. The highest BCUT2D eigenvalue weighted by Crippen LogP contribution is 2.19. The fourth-order valence-corrected chi connectivity index (χ4v) is 4.75. The number of hydrogen-bond donors (Lipinski definition) is 2. The zero-order valence-corrected chi connectivity index (χ0v) is 21.7. The Hall–Kier alpha value is -1.43. The van der Waals surface area contributed by atoms with Crippen LogP contribution in [-0.4, -0.2) is 54.8 Å². The number of nitrogens with zero attached hydrogens (tertiary/aromatic N) is 1. The molecule has 2 atom stereocenters. The highest BCUT2D eigenvalue weighted by Gasteiger charge is 2.26. The van der Waals surface area contributed by atoms with Gasteiger partial charge in [-0.3, -0.25) is 9.69 Å². The predicted octanol–water partition coefficient (Wildman–Crippen LogP) is 6.02. The summed E-state index contributed by atoms with van der Waals surface area (Å²) in [6, 6.07) is 9.35. The van der Waals surface area contributed by atoms with Gasteiger partial charge >= 0.3 is 0 Å². The van der Waals surface area contributed by atoms with Gasteiger partial charge in [0.1, 0.15) is 6.10 Å². The Morgan fingerprint density at radius 1 is 0.882 bits per heavy atom. The van der Waals surface area contributed by atoms with Crippen molar-refractivity contribution in [2.24, 2.45) is 0 Å². The minimum atomic E-state index is -0.709. The summed E-state index contributed by atoms with van der Waals surface area (Å²) >= 11 is 0.